The zero-order chi connectivity index (χ0) is 13.1. The van der Waals surface area contributed by atoms with Crippen molar-refractivity contribution < 1.29 is 13.2 Å². The first-order valence-electron chi connectivity index (χ1n) is 4.97. The zero-order valence-corrected chi connectivity index (χ0v) is 11.8. The van der Waals surface area contributed by atoms with Gasteiger partial charge >= 0.3 is 6.18 Å². The van der Waals surface area contributed by atoms with Crippen LogP contribution in [0.3, 0.4) is 0 Å². The van der Waals surface area contributed by atoms with Crippen molar-refractivity contribution in [3.05, 3.63) is 28.2 Å². The number of rotatable bonds is 4. The summed E-state index contributed by atoms with van der Waals surface area (Å²) in [6, 6.07) is 4.13. The number of thioether (sulfide) groups is 1. The second kappa shape index (κ2) is 6.00. The van der Waals surface area contributed by atoms with Crippen LogP contribution < -0.4 is 5.32 Å². The van der Waals surface area contributed by atoms with Crippen molar-refractivity contribution >= 4 is 33.4 Å². The van der Waals surface area contributed by atoms with Gasteiger partial charge in [-0.1, -0.05) is 15.9 Å². The van der Waals surface area contributed by atoms with Gasteiger partial charge in [-0.05, 0) is 31.4 Å². The molecule has 1 unspecified atom stereocenters. The molecule has 0 bridgehead atoms. The molecule has 0 heterocycles. The second-order valence-corrected chi connectivity index (χ2v) is 5.51. The van der Waals surface area contributed by atoms with Gasteiger partial charge in [-0.3, -0.25) is 0 Å². The zero-order valence-electron chi connectivity index (χ0n) is 9.44. The normalized spacial score (nSPS) is 13.5. The highest BCUT2D eigenvalue weighted by atomic mass is 79.9. The molecule has 0 fully saturated rings. The summed E-state index contributed by atoms with van der Waals surface area (Å²) in [4.78, 5) is 0. The van der Waals surface area contributed by atoms with E-state index in [1.165, 1.54) is 6.07 Å². The molecule has 1 aromatic rings. The van der Waals surface area contributed by atoms with E-state index < -0.39 is 11.7 Å². The molecule has 6 heteroatoms. The Morgan fingerprint density at radius 3 is 2.59 bits per heavy atom. The molecule has 0 saturated carbocycles. The molecule has 96 valence electrons. The third-order valence-corrected chi connectivity index (χ3v) is 3.43. The van der Waals surface area contributed by atoms with E-state index in [0.29, 0.717) is 4.47 Å². The lowest BCUT2D eigenvalue weighted by atomic mass is 10.1. The number of halogens is 4. The van der Waals surface area contributed by atoms with Crippen molar-refractivity contribution in [2.45, 2.75) is 19.1 Å². The van der Waals surface area contributed by atoms with Crippen LogP contribution in [-0.2, 0) is 6.18 Å². The van der Waals surface area contributed by atoms with Crippen molar-refractivity contribution in [2.75, 3.05) is 17.3 Å². The number of nitrogens with one attached hydrogen (secondary N) is 1. The van der Waals surface area contributed by atoms with E-state index in [1.54, 1.807) is 17.8 Å². The standard InChI is InChI=1S/C11H13BrF3NS/c1-7(6-17-2)16-10-4-3-8(12)5-9(10)11(13,14)15/h3-5,7,16H,6H2,1-2H3. The van der Waals surface area contributed by atoms with E-state index in [4.69, 9.17) is 0 Å². The summed E-state index contributed by atoms with van der Waals surface area (Å²) in [5, 5.41) is 2.88. The number of anilines is 1. The lowest BCUT2D eigenvalue weighted by molar-refractivity contribution is -0.137. The lowest BCUT2D eigenvalue weighted by Crippen LogP contribution is -2.20. The van der Waals surface area contributed by atoms with Crippen LogP contribution in [0.4, 0.5) is 18.9 Å². The topological polar surface area (TPSA) is 12.0 Å². The Kier molecular flexibility index (Phi) is 5.19. The number of alkyl halides is 3. The highest BCUT2D eigenvalue weighted by Gasteiger charge is 2.33. The highest BCUT2D eigenvalue weighted by molar-refractivity contribution is 9.10. The van der Waals surface area contributed by atoms with E-state index in [-0.39, 0.29) is 11.7 Å². The van der Waals surface area contributed by atoms with Gasteiger partial charge in [0, 0.05) is 22.0 Å². The van der Waals surface area contributed by atoms with Crippen LogP contribution in [-0.4, -0.2) is 18.1 Å². The molecule has 0 spiro atoms. The molecular weight excluding hydrogens is 315 g/mol. The molecule has 1 rings (SSSR count). The maximum atomic E-state index is 12.8. The van der Waals surface area contributed by atoms with Crippen LogP contribution in [0.15, 0.2) is 22.7 Å². The molecule has 1 nitrogen and oxygen atoms in total. The van der Waals surface area contributed by atoms with Crippen molar-refractivity contribution in [1.29, 1.82) is 0 Å². The molecule has 0 aliphatic carbocycles. The Labute approximate surface area is 111 Å². The van der Waals surface area contributed by atoms with Crippen molar-refractivity contribution in [2.24, 2.45) is 0 Å². The minimum Gasteiger partial charge on any atom is -0.381 e. The average molecular weight is 328 g/mol. The van der Waals surface area contributed by atoms with Gasteiger partial charge in [-0.2, -0.15) is 24.9 Å². The van der Waals surface area contributed by atoms with E-state index in [0.717, 1.165) is 11.8 Å². The van der Waals surface area contributed by atoms with E-state index in [2.05, 4.69) is 21.2 Å². The molecule has 0 aromatic heterocycles. The van der Waals surface area contributed by atoms with Gasteiger partial charge in [0.05, 0.1) is 5.56 Å². The average Bonchev–Trinajstić information content (AvgIpc) is 2.19. The quantitative estimate of drug-likeness (QED) is 0.865. The fourth-order valence-corrected chi connectivity index (χ4v) is 2.38. The molecule has 1 atom stereocenters. The molecule has 0 amide bonds. The summed E-state index contributed by atoms with van der Waals surface area (Å²) >= 11 is 4.65. The van der Waals surface area contributed by atoms with Crippen LogP contribution in [0.1, 0.15) is 12.5 Å². The maximum Gasteiger partial charge on any atom is 0.418 e. The van der Waals surface area contributed by atoms with Crippen molar-refractivity contribution in [3.8, 4) is 0 Å². The predicted octanol–water partition coefficient (Wildman–Crippen LogP) is 4.63. The minimum atomic E-state index is -4.34. The smallest absolute Gasteiger partial charge is 0.381 e. The summed E-state index contributed by atoms with van der Waals surface area (Å²) in [5.74, 6) is 0.757. The molecule has 17 heavy (non-hydrogen) atoms. The van der Waals surface area contributed by atoms with Gasteiger partial charge in [0.15, 0.2) is 0 Å². The van der Waals surface area contributed by atoms with Gasteiger partial charge in [0.25, 0.3) is 0 Å². The van der Waals surface area contributed by atoms with Gasteiger partial charge in [-0.25, -0.2) is 0 Å². The molecule has 1 aromatic carbocycles. The summed E-state index contributed by atoms with van der Waals surface area (Å²) < 4.78 is 38.8. The van der Waals surface area contributed by atoms with Crippen LogP contribution in [0.5, 0.6) is 0 Å². The Morgan fingerprint density at radius 2 is 2.06 bits per heavy atom. The Bertz CT molecular complexity index is 381. The molecular formula is C11H13BrF3NS. The van der Waals surface area contributed by atoms with E-state index >= 15 is 0 Å². The first-order chi connectivity index (χ1) is 7.84. The van der Waals surface area contributed by atoms with Crippen LogP contribution in [0.2, 0.25) is 0 Å². The fourth-order valence-electron chi connectivity index (χ4n) is 1.43. The summed E-state index contributed by atoms with van der Waals surface area (Å²) in [6.45, 7) is 1.86. The molecule has 1 N–H and O–H groups in total. The fraction of sp³-hybridized carbons (Fsp3) is 0.455. The highest BCUT2D eigenvalue weighted by Crippen LogP contribution is 2.36. The minimum absolute atomic E-state index is 0.00715. The van der Waals surface area contributed by atoms with Gasteiger partial charge in [0.2, 0.25) is 0 Å². The van der Waals surface area contributed by atoms with E-state index in [1.807, 2.05) is 13.2 Å². The molecule has 0 aliphatic heterocycles. The molecule has 0 aliphatic rings. The summed E-state index contributed by atoms with van der Waals surface area (Å²) in [5.41, 5.74) is -0.512. The SMILES string of the molecule is CSCC(C)Nc1ccc(Br)cc1C(F)(F)F. The van der Waals surface area contributed by atoms with Crippen molar-refractivity contribution in [3.63, 3.8) is 0 Å². The first kappa shape index (κ1) is 14.7. The van der Waals surface area contributed by atoms with Crippen LogP contribution in [0.25, 0.3) is 0 Å². The summed E-state index contributed by atoms with van der Waals surface area (Å²) in [6.07, 6.45) is -2.42. The number of hydrogen-bond acceptors (Lipinski definition) is 2. The van der Waals surface area contributed by atoms with Crippen molar-refractivity contribution in [1.82, 2.24) is 0 Å². The third kappa shape index (κ3) is 4.43. The predicted molar refractivity (Wildman–Crippen MR) is 70.6 cm³/mol. The largest absolute Gasteiger partial charge is 0.418 e. The van der Waals surface area contributed by atoms with Gasteiger partial charge in [-0.15, -0.1) is 0 Å². The summed E-state index contributed by atoms with van der Waals surface area (Å²) in [7, 11) is 0. The molecule has 0 radical (unpaired) electrons. The molecule has 0 saturated heterocycles. The van der Waals surface area contributed by atoms with Crippen LogP contribution >= 0.6 is 27.7 Å². The second-order valence-electron chi connectivity index (χ2n) is 3.69. The maximum absolute atomic E-state index is 12.8. The third-order valence-electron chi connectivity index (χ3n) is 2.11. The number of hydrogen-bond donors (Lipinski definition) is 1. The Hall–Kier alpha value is -0.360. The first-order valence-corrected chi connectivity index (χ1v) is 7.15. The van der Waals surface area contributed by atoms with Gasteiger partial charge < -0.3 is 5.32 Å². The lowest BCUT2D eigenvalue weighted by Gasteiger charge is -2.19. The monoisotopic (exact) mass is 327 g/mol. The van der Waals surface area contributed by atoms with E-state index in [9.17, 15) is 13.2 Å². The van der Waals surface area contributed by atoms with Crippen LogP contribution in [0, 0.1) is 0 Å². The number of benzene rings is 1. The Balaban J connectivity index is 2.99. The Morgan fingerprint density at radius 1 is 1.41 bits per heavy atom. The van der Waals surface area contributed by atoms with Gasteiger partial charge in [0.1, 0.15) is 0 Å².